The molecule has 5 rings (SSSR count). The molecular formula is C19H22N4O3S. The van der Waals surface area contributed by atoms with Crippen molar-refractivity contribution in [1.29, 1.82) is 0 Å². The minimum absolute atomic E-state index is 0.144. The molecule has 4 heterocycles. The lowest BCUT2D eigenvalue weighted by Crippen LogP contribution is -2.46. The van der Waals surface area contributed by atoms with Gasteiger partial charge in [0, 0.05) is 31.5 Å². The number of aromatic nitrogens is 2. The molecule has 1 saturated heterocycles. The number of sulfonamides is 1. The van der Waals surface area contributed by atoms with Gasteiger partial charge in [-0.1, -0.05) is 12.5 Å². The van der Waals surface area contributed by atoms with Gasteiger partial charge in [0.2, 0.25) is 15.9 Å². The van der Waals surface area contributed by atoms with Gasteiger partial charge < -0.3 is 4.74 Å². The summed E-state index contributed by atoms with van der Waals surface area (Å²) in [4.78, 5) is 11.1. The first-order chi connectivity index (χ1) is 13.1. The first-order valence-corrected chi connectivity index (χ1v) is 10.8. The standard InChI is InChI=1S/C19H22N4O3S/c24-27(25)18-8-4-10-21-19(18)26-17-13-22(15-6-3-7-15)12-16(17)23(27)11-14-5-1-2-9-20-14/h1-2,4-5,8-10,15-17H,3,6-7,11-13H2/t16-,17-/m0/s1. The summed E-state index contributed by atoms with van der Waals surface area (Å²) in [6, 6.07) is 9.09. The number of nitrogens with zero attached hydrogens (tertiary/aromatic N) is 4. The first-order valence-electron chi connectivity index (χ1n) is 9.40. The van der Waals surface area contributed by atoms with Crippen LogP contribution in [0.4, 0.5) is 0 Å². The van der Waals surface area contributed by atoms with Gasteiger partial charge in [-0.3, -0.25) is 9.88 Å². The largest absolute Gasteiger partial charge is 0.470 e. The number of hydrogen-bond donors (Lipinski definition) is 0. The first kappa shape index (κ1) is 17.1. The van der Waals surface area contributed by atoms with Crippen molar-refractivity contribution >= 4 is 10.0 Å². The normalized spacial score (nSPS) is 27.9. The molecule has 2 aliphatic heterocycles. The van der Waals surface area contributed by atoms with E-state index in [9.17, 15) is 8.42 Å². The molecule has 27 heavy (non-hydrogen) atoms. The van der Waals surface area contributed by atoms with Gasteiger partial charge in [0.05, 0.1) is 18.3 Å². The Labute approximate surface area is 159 Å². The number of hydrogen-bond acceptors (Lipinski definition) is 6. The van der Waals surface area contributed by atoms with Gasteiger partial charge in [-0.25, -0.2) is 13.4 Å². The summed E-state index contributed by atoms with van der Waals surface area (Å²) < 4.78 is 34.7. The highest BCUT2D eigenvalue weighted by Crippen LogP contribution is 2.38. The highest BCUT2D eigenvalue weighted by atomic mass is 32.2. The molecular weight excluding hydrogens is 364 g/mol. The molecule has 0 radical (unpaired) electrons. The maximum absolute atomic E-state index is 13.5. The molecule has 0 amide bonds. The van der Waals surface area contributed by atoms with E-state index in [1.54, 1.807) is 28.8 Å². The van der Waals surface area contributed by atoms with Crippen LogP contribution in [0.2, 0.25) is 0 Å². The average molecular weight is 386 g/mol. The van der Waals surface area contributed by atoms with Gasteiger partial charge in [0.1, 0.15) is 11.0 Å². The molecule has 2 aromatic heterocycles. The lowest BCUT2D eigenvalue weighted by molar-refractivity contribution is 0.126. The second-order valence-electron chi connectivity index (χ2n) is 7.44. The average Bonchev–Trinajstić information content (AvgIpc) is 2.98. The van der Waals surface area contributed by atoms with E-state index in [-0.39, 0.29) is 29.5 Å². The van der Waals surface area contributed by atoms with Crippen LogP contribution in [-0.2, 0) is 16.6 Å². The van der Waals surface area contributed by atoms with Crippen LogP contribution in [0.25, 0.3) is 0 Å². The second-order valence-corrected chi connectivity index (χ2v) is 9.30. The number of likely N-dealkylation sites (tertiary alicyclic amines) is 1. The van der Waals surface area contributed by atoms with Crippen molar-refractivity contribution in [2.45, 2.75) is 48.9 Å². The fourth-order valence-corrected chi connectivity index (χ4v) is 5.88. The smallest absolute Gasteiger partial charge is 0.249 e. The Morgan fingerprint density at radius 3 is 2.67 bits per heavy atom. The summed E-state index contributed by atoms with van der Waals surface area (Å²) >= 11 is 0. The lowest BCUT2D eigenvalue weighted by Gasteiger charge is -2.35. The maximum Gasteiger partial charge on any atom is 0.249 e. The quantitative estimate of drug-likeness (QED) is 0.799. The molecule has 0 spiro atoms. The molecule has 2 aromatic rings. The summed E-state index contributed by atoms with van der Waals surface area (Å²) in [6.45, 7) is 1.66. The predicted molar refractivity (Wildman–Crippen MR) is 98.6 cm³/mol. The van der Waals surface area contributed by atoms with Crippen molar-refractivity contribution in [3.8, 4) is 5.88 Å². The summed E-state index contributed by atoms with van der Waals surface area (Å²) in [5, 5.41) is 0. The third kappa shape index (κ3) is 2.92. The number of ether oxygens (including phenoxy) is 1. The highest BCUT2D eigenvalue weighted by Gasteiger charge is 2.49. The van der Waals surface area contributed by atoms with Crippen LogP contribution in [0.3, 0.4) is 0 Å². The minimum atomic E-state index is -3.73. The molecule has 0 aromatic carbocycles. The summed E-state index contributed by atoms with van der Waals surface area (Å²) in [7, 11) is -3.73. The zero-order valence-electron chi connectivity index (χ0n) is 14.9. The van der Waals surface area contributed by atoms with E-state index in [0.29, 0.717) is 12.6 Å². The molecule has 0 unspecified atom stereocenters. The van der Waals surface area contributed by atoms with Crippen molar-refractivity contribution in [2.24, 2.45) is 0 Å². The van der Waals surface area contributed by atoms with Crippen molar-refractivity contribution in [3.63, 3.8) is 0 Å². The third-order valence-electron chi connectivity index (χ3n) is 5.86. The molecule has 0 N–H and O–H groups in total. The molecule has 2 atom stereocenters. The fraction of sp³-hybridized carbons (Fsp3) is 0.474. The fourth-order valence-electron chi connectivity index (χ4n) is 4.19. The van der Waals surface area contributed by atoms with E-state index in [1.165, 1.54) is 19.3 Å². The molecule has 7 nitrogen and oxygen atoms in total. The van der Waals surface area contributed by atoms with Gasteiger partial charge in [-0.05, 0) is 37.1 Å². The second kappa shape index (κ2) is 6.54. The topological polar surface area (TPSA) is 75.6 Å². The molecule has 142 valence electrons. The molecule has 2 fully saturated rings. The predicted octanol–water partition coefficient (Wildman–Crippen LogP) is 1.67. The summed E-state index contributed by atoms with van der Waals surface area (Å²) in [5.74, 6) is 0.214. The SMILES string of the molecule is O=S1(=O)c2cccnc2O[C@H]2CN(C3CCC3)C[C@@H]2N1Cc1ccccn1. The van der Waals surface area contributed by atoms with E-state index >= 15 is 0 Å². The van der Waals surface area contributed by atoms with E-state index in [2.05, 4.69) is 14.9 Å². The van der Waals surface area contributed by atoms with Crippen LogP contribution in [0.15, 0.2) is 47.6 Å². The van der Waals surface area contributed by atoms with Gasteiger partial charge in [0.15, 0.2) is 0 Å². The van der Waals surface area contributed by atoms with Crippen LogP contribution in [0, 0.1) is 0 Å². The third-order valence-corrected chi connectivity index (χ3v) is 7.74. The molecule has 0 bridgehead atoms. The summed E-state index contributed by atoms with van der Waals surface area (Å²) in [5.41, 5.74) is 0.731. The van der Waals surface area contributed by atoms with E-state index in [4.69, 9.17) is 4.74 Å². The zero-order chi connectivity index (χ0) is 18.4. The molecule has 1 aliphatic carbocycles. The molecule has 3 aliphatic rings. The Morgan fingerprint density at radius 1 is 1.07 bits per heavy atom. The van der Waals surface area contributed by atoms with Gasteiger partial charge in [0.25, 0.3) is 0 Å². The van der Waals surface area contributed by atoms with E-state index in [0.717, 1.165) is 12.2 Å². The Kier molecular flexibility index (Phi) is 4.14. The van der Waals surface area contributed by atoms with Crippen LogP contribution < -0.4 is 4.74 Å². The van der Waals surface area contributed by atoms with Crippen LogP contribution in [-0.4, -0.2) is 58.9 Å². The Bertz CT molecular complexity index is 933. The highest BCUT2D eigenvalue weighted by molar-refractivity contribution is 7.89. The van der Waals surface area contributed by atoms with Crippen molar-refractivity contribution in [3.05, 3.63) is 48.4 Å². The van der Waals surface area contributed by atoms with E-state index < -0.39 is 10.0 Å². The number of rotatable bonds is 3. The van der Waals surface area contributed by atoms with Gasteiger partial charge in [-0.2, -0.15) is 4.31 Å². The minimum Gasteiger partial charge on any atom is -0.470 e. The van der Waals surface area contributed by atoms with Crippen LogP contribution in [0.5, 0.6) is 5.88 Å². The van der Waals surface area contributed by atoms with Gasteiger partial charge >= 0.3 is 0 Å². The Morgan fingerprint density at radius 2 is 1.93 bits per heavy atom. The molecule has 1 saturated carbocycles. The van der Waals surface area contributed by atoms with Crippen molar-refractivity contribution in [2.75, 3.05) is 13.1 Å². The van der Waals surface area contributed by atoms with E-state index in [1.807, 2.05) is 18.2 Å². The van der Waals surface area contributed by atoms with Crippen molar-refractivity contribution < 1.29 is 13.2 Å². The molecule has 8 heteroatoms. The Balaban J connectivity index is 1.56. The van der Waals surface area contributed by atoms with Crippen LogP contribution in [0.1, 0.15) is 25.0 Å². The Hall–Kier alpha value is -2.03. The lowest BCUT2D eigenvalue weighted by atomic mass is 9.92. The maximum atomic E-state index is 13.5. The van der Waals surface area contributed by atoms with Crippen LogP contribution >= 0.6 is 0 Å². The zero-order valence-corrected chi connectivity index (χ0v) is 15.8. The number of fused-ring (bicyclic) bond motifs is 2. The summed E-state index contributed by atoms with van der Waals surface area (Å²) in [6.07, 6.45) is 6.66. The number of pyridine rings is 2. The monoisotopic (exact) mass is 386 g/mol. The van der Waals surface area contributed by atoms with Gasteiger partial charge in [-0.15, -0.1) is 0 Å². The van der Waals surface area contributed by atoms with Crippen molar-refractivity contribution in [1.82, 2.24) is 19.2 Å².